The summed E-state index contributed by atoms with van der Waals surface area (Å²) in [7, 11) is 0. The number of carbonyl (C=O) groups is 1. The first-order valence-corrected chi connectivity index (χ1v) is 8.41. The molecule has 0 aliphatic carbocycles. The third-order valence-electron chi connectivity index (χ3n) is 3.55. The van der Waals surface area contributed by atoms with Crippen molar-refractivity contribution >= 4 is 40.6 Å². The van der Waals surface area contributed by atoms with Crippen LogP contribution in [-0.2, 0) is 9.53 Å². The number of rotatable bonds is 5. The molecule has 1 atom stereocenters. The van der Waals surface area contributed by atoms with Crippen molar-refractivity contribution in [3.63, 3.8) is 0 Å². The molecule has 0 radical (unpaired) electrons. The molecule has 1 unspecified atom stereocenters. The molecule has 25 heavy (non-hydrogen) atoms. The lowest BCUT2D eigenvalue weighted by Crippen LogP contribution is -2.25. The first-order chi connectivity index (χ1) is 12.0. The zero-order valence-corrected chi connectivity index (χ0v) is 15.2. The zero-order chi connectivity index (χ0) is 18.0. The second kappa shape index (κ2) is 7.29. The van der Waals surface area contributed by atoms with E-state index in [1.807, 2.05) is 25.1 Å². The molecule has 1 N–H and O–H groups in total. The Balaban J connectivity index is 2.11. The van der Waals surface area contributed by atoms with Crippen LogP contribution in [0.15, 0.2) is 36.5 Å². The van der Waals surface area contributed by atoms with Crippen LogP contribution in [0.1, 0.15) is 13.8 Å². The lowest BCUT2D eigenvalue weighted by Gasteiger charge is -2.20. The Kier molecular flexibility index (Phi) is 5.11. The number of fused-ring (bicyclic) bond motifs is 1. The Labute approximate surface area is 154 Å². The number of hydrogen-bond donors (Lipinski definition) is 1. The second-order valence-electron chi connectivity index (χ2n) is 5.56. The van der Waals surface area contributed by atoms with Crippen LogP contribution in [0.3, 0.4) is 0 Å². The molecule has 0 bridgehead atoms. The maximum atomic E-state index is 11.0. The van der Waals surface area contributed by atoms with Gasteiger partial charge in [0.2, 0.25) is 0 Å². The molecule has 130 valence electrons. The first-order valence-electron chi connectivity index (χ1n) is 7.65. The van der Waals surface area contributed by atoms with Gasteiger partial charge in [-0.1, -0.05) is 41.4 Å². The van der Waals surface area contributed by atoms with Crippen LogP contribution in [0.2, 0.25) is 10.2 Å². The number of anilines is 1. The van der Waals surface area contributed by atoms with Crippen molar-refractivity contribution < 1.29 is 9.53 Å². The van der Waals surface area contributed by atoms with Gasteiger partial charge in [-0.15, -0.1) is 0 Å². The smallest absolute Gasteiger partial charge is 0.302 e. The van der Waals surface area contributed by atoms with Crippen molar-refractivity contribution in [2.24, 2.45) is 0 Å². The van der Waals surface area contributed by atoms with E-state index in [2.05, 4.69) is 15.4 Å². The first kappa shape index (κ1) is 17.5. The van der Waals surface area contributed by atoms with Crippen molar-refractivity contribution in [3.8, 4) is 11.1 Å². The summed E-state index contributed by atoms with van der Waals surface area (Å²) in [5, 5.41) is 8.47. The van der Waals surface area contributed by atoms with Crippen molar-refractivity contribution in [2.45, 2.75) is 19.9 Å². The topological polar surface area (TPSA) is 68.5 Å². The summed E-state index contributed by atoms with van der Waals surface area (Å²) in [4.78, 5) is 15.4. The van der Waals surface area contributed by atoms with E-state index < -0.39 is 0 Å². The molecule has 3 aromatic rings. The number of nitrogens with zero attached hydrogens (tertiary/aromatic N) is 3. The van der Waals surface area contributed by atoms with Crippen molar-refractivity contribution in [2.75, 3.05) is 11.9 Å². The van der Waals surface area contributed by atoms with Gasteiger partial charge in [0.1, 0.15) is 17.6 Å². The van der Waals surface area contributed by atoms with Crippen LogP contribution in [0.25, 0.3) is 16.8 Å². The SMILES string of the molecule is CC(=O)OCC(C)Nc1c(-c2ccccc2Cl)c(Cl)nc2ccnn12. The Morgan fingerprint density at radius 2 is 2.08 bits per heavy atom. The molecule has 3 rings (SSSR count). The minimum absolute atomic E-state index is 0.170. The molecule has 0 amide bonds. The third-order valence-corrected chi connectivity index (χ3v) is 4.16. The van der Waals surface area contributed by atoms with Gasteiger partial charge in [-0.25, -0.2) is 4.98 Å². The number of halogens is 2. The average Bonchev–Trinajstić information content (AvgIpc) is 3.02. The fourth-order valence-corrected chi connectivity index (χ4v) is 2.97. The van der Waals surface area contributed by atoms with Crippen LogP contribution in [0, 0.1) is 0 Å². The van der Waals surface area contributed by atoms with Crippen LogP contribution in [0.5, 0.6) is 0 Å². The second-order valence-corrected chi connectivity index (χ2v) is 6.32. The highest BCUT2D eigenvalue weighted by atomic mass is 35.5. The Morgan fingerprint density at radius 1 is 1.32 bits per heavy atom. The number of esters is 1. The van der Waals surface area contributed by atoms with Crippen molar-refractivity contribution in [3.05, 3.63) is 46.7 Å². The molecule has 0 aliphatic heterocycles. The fraction of sp³-hybridized carbons (Fsp3) is 0.235. The molecule has 0 spiro atoms. The number of ether oxygens (including phenoxy) is 1. The monoisotopic (exact) mass is 378 g/mol. The molecule has 2 aromatic heterocycles. The number of nitrogens with one attached hydrogen (secondary N) is 1. The van der Waals surface area contributed by atoms with Crippen LogP contribution < -0.4 is 5.32 Å². The summed E-state index contributed by atoms with van der Waals surface area (Å²) in [6.45, 7) is 3.47. The number of aromatic nitrogens is 3. The maximum Gasteiger partial charge on any atom is 0.302 e. The number of hydrogen-bond acceptors (Lipinski definition) is 5. The normalized spacial score (nSPS) is 12.2. The van der Waals surface area contributed by atoms with Gasteiger partial charge in [-0.05, 0) is 13.0 Å². The summed E-state index contributed by atoms with van der Waals surface area (Å²) < 4.78 is 6.71. The van der Waals surface area contributed by atoms with E-state index in [1.165, 1.54) is 6.92 Å². The van der Waals surface area contributed by atoms with Crippen LogP contribution in [-0.4, -0.2) is 33.2 Å². The summed E-state index contributed by atoms with van der Waals surface area (Å²) in [6.07, 6.45) is 1.64. The molecule has 2 heterocycles. The summed E-state index contributed by atoms with van der Waals surface area (Å²) in [5.74, 6) is 0.296. The van der Waals surface area contributed by atoms with E-state index >= 15 is 0 Å². The summed E-state index contributed by atoms with van der Waals surface area (Å²) in [5.41, 5.74) is 1.97. The van der Waals surface area contributed by atoms with Gasteiger partial charge in [-0.3, -0.25) is 4.79 Å². The average molecular weight is 379 g/mol. The standard InChI is InChI=1S/C17H16Cl2N4O2/c1-10(9-25-11(2)24)21-17-15(12-5-3-4-6-13(12)18)16(19)22-14-7-8-20-23(14)17/h3-8,10,21H,9H2,1-2H3. The Bertz CT molecular complexity index is 926. The molecule has 0 fully saturated rings. The van der Waals surface area contributed by atoms with Gasteiger partial charge in [0, 0.05) is 23.6 Å². The minimum Gasteiger partial charge on any atom is -0.464 e. The number of benzene rings is 1. The minimum atomic E-state index is -0.336. The Hall–Kier alpha value is -2.31. The molecule has 0 saturated heterocycles. The molecule has 1 aromatic carbocycles. The summed E-state index contributed by atoms with van der Waals surface area (Å²) >= 11 is 12.8. The molecular formula is C17H16Cl2N4O2. The predicted molar refractivity (Wildman–Crippen MR) is 98.2 cm³/mol. The molecular weight excluding hydrogens is 363 g/mol. The fourth-order valence-electron chi connectivity index (χ4n) is 2.47. The molecule has 0 saturated carbocycles. The Morgan fingerprint density at radius 3 is 2.80 bits per heavy atom. The van der Waals surface area contributed by atoms with Gasteiger partial charge in [0.25, 0.3) is 0 Å². The van der Waals surface area contributed by atoms with Crippen LogP contribution in [0.4, 0.5) is 5.82 Å². The largest absolute Gasteiger partial charge is 0.464 e. The van der Waals surface area contributed by atoms with Gasteiger partial charge in [-0.2, -0.15) is 9.61 Å². The predicted octanol–water partition coefficient (Wildman–Crippen LogP) is 4.07. The zero-order valence-electron chi connectivity index (χ0n) is 13.7. The van der Waals surface area contributed by atoms with E-state index in [0.29, 0.717) is 27.2 Å². The van der Waals surface area contributed by atoms with Crippen molar-refractivity contribution in [1.29, 1.82) is 0 Å². The lowest BCUT2D eigenvalue weighted by atomic mass is 10.1. The maximum absolute atomic E-state index is 11.0. The highest BCUT2D eigenvalue weighted by Crippen LogP contribution is 2.38. The quantitative estimate of drug-likeness (QED) is 0.535. The third kappa shape index (κ3) is 3.70. The van der Waals surface area contributed by atoms with Gasteiger partial charge < -0.3 is 10.1 Å². The highest BCUT2D eigenvalue weighted by molar-refractivity contribution is 6.36. The summed E-state index contributed by atoms with van der Waals surface area (Å²) in [6, 6.07) is 8.95. The van der Waals surface area contributed by atoms with Gasteiger partial charge in [0.15, 0.2) is 5.65 Å². The van der Waals surface area contributed by atoms with Crippen molar-refractivity contribution in [1.82, 2.24) is 14.6 Å². The number of carbonyl (C=O) groups excluding carboxylic acids is 1. The van der Waals surface area contributed by atoms with E-state index in [0.717, 1.165) is 5.56 Å². The molecule has 0 aliphatic rings. The van der Waals surface area contributed by atoms with E-state index in [-0.39, 0.29) is 18.6 Å². The lowest BCUT2D eigenvalue weighted by molar-refractivity contribution is -0.141. The molecule has 8 heteroatoms. The van der Waals surface area contributed by atoms with E-state index in [1.54, 1.807) is 22.8 Å². The van der Waals surface area contributed by atoms with E-state index in [4.69, 9.17) is 27.9 Å². The van der Waals surface area contributed by atoms with Gasteiger partial charge >= 0.3 is 5.97 Å². The van der Waals surface area contributed by atoms with E-state index in [9.17, 15) is 4.79 Å². The van der Waals surface area contributed by atoms with Crippen LogP contribution >= 0.6 is 23.2 Å². The van der Waals surface area contributed by atoms with Gasteiger partial charge in [0.05, 0.1) is 17.8 Å². The molecule has 6 nitrogen and oxygen atoms in total. The highest BCUT2D eigenvalue weighted by Gasteiger charge is 2.20.